The minimum absolute atomic E-state index is 0.0828. The average molecular weight is 260 g/mol. The third kappa shape index (κ3) is 3.75. The van der Waals surface area contributed by atoms with E-state index in [9.17, 15) is 13.2 Å². The van der Waals surface area contributed by atoms with E-state index in [1.807, 2.05) is 13.8 Å². The topological polar surface area (TPSA) is 35.9 Å². The molecule has 18 heavy (non-hydrogen) atoms. The molecule has 0 heterocycles. The number of nitrogens with one attached hydrogen (secondary N) is 2. The minimum atomic E-state index is -4.44. The third-order valence-electron chi connectivity index (χ3n) is 2.23. The van der Waals surface area contributed by atoms with Gasteiger partial charge in [0.1, 0.15) is 0 Å². The molecule has 5 heteroatoms. The van der Waals surface area contributed by atoms with Crippen molar-refractivity contribution in [2.45, 2.75) is 33.9 Å². The second-order valence-electron chi connectivity index (χ2n) is 3.61. The monoisotopic (exact) mass is 260 g/mol. The number of halogens is 3. The molecule has 0 saturated carbocycles. The molecule has 102 valence electrons. The van der Waals surface area contributed by atoms with Gasteiger partial charge in [0.25, 0.3) is 0 Å². The van der Waals surface area contributed by atoms with E-state index in [2.05, 4.69) is 5.32 Å². The summed E-state index contributed by atoms with van der Waals surface area (Å²) in [6.45, 7) is 6.94. The van der Waals surface area contributed by atoms with Gasteiger partial charge in [-0.1, -0.05) is 13.8 Å². The van der Waals surface area contributed by atoms with Crippen LogP contribution in [0.25, 0.3) is 0 Å². The quantitative estimate of drug-likeness (QED) is 0.756. The molecule has 0 unspecified atom stereocenters. The molecule has 0 bridgehead atoms. The van der Waals surface area contributed by atoms with Crippen molar-refractivity contribution in [1.82, 2.24) is 0 Å². The molecule has 0 aliphatic carbocycles. The number of aryl methyl sites for hydroxylation is 1. The van der Waals surface area contributed by atoms with Crippen LogP contribution in [0.1, 0.15) is 37.5 Å². The van der Waals surface area contributed by atoms with Crippen LogP contribution in [0.4, 0.5) is 18.9 Å². The van der Waals surface area contributed by atoms with E-state index in [1.54, 1.807) is 20.0 Å². The van der Waals surface area contributed by atoms with Gasteiger partial charge in [-0.05, 0) is 31.5 Å². The Balaban J connectivity index is 0.00000137. The van der Waals surface area contributed by atoms with Crippen LogP contribution in [0.15, 0.2) is 12.1 Å². The summed E-state index contributed by atoms with van der Waals surface area (Å²) >= 11 is 0. The van der Waals surface area contributed by atoms with Gasteiger partial charge in [0, 0.05) is 24.0 Å². The van der Waals surface area contributed by atoms with E-state index >= 15 is 0 Å². The van der Waals surface area contributed by atoms with Gasteiger partial charge in [0.2, 0.25) is 0 Å². The molecular weight excluding hydrogens is 241 g/mol. The Hall–Kier alpha value is -1.52. The van der Waals surface area contributed by atoms with Gasteiger partial charge in [-0.15, -0.1) is 0 Å². The molecule has 0 spiro atoms. The highest BCUT2D eigenvalue weighted by Gasteiger charge is 2.35. The smallest absolute Gasteiger partial charge is 0.388 e. The maximum Gasteiger partial charge on any atom is 0.417 e. The molecule has 2 nitrogen and oxygen atoms in total. The Morgan fingerprint density at radius 3 is 2.06 bits per heavy atom. The van der Waals surface area contributed by atoms with Gasteiger partial charge in [-0.2, -0.15) is 13.2 Å². The highest BCUT2D eigenvalue weighted by atomic mass is 19.4. The highest BCUT2D eigenvalue weighted by molar-refractivity contribution is 6.03. The van der Waals surface area contributed by atoms with Crippen molar-refractivity contribution in [1.29, 1.82) is 5.41 Å². The van der Waals surface area contributed by atoms with Crippen molar-refractivity contribution in [2.24, 2.45) is 0 Å². The van der Waals surface area contributed by atoms with Crippen molar-refractivity contribution in [2.75, 3.05) is 12.4 Å². The van der Waals surface area contributed by atoms with Gasteiger partial charge < -0.3 is 10.7 Å². The van der Waals surface area contributed by atoms with Crippen LogP contribution in [0, 0.1) is 12.3 Å². The van der Waals surface area contributed by atoms with Crippen molar-refractivity contribution in [3.05, 3.63) is 28.8 Å². The van der Waals surface area contributed by atoms with Crippen molar-refractivity contribution in [3.8, 4) is 0 Å². The highest BCUT2D eigenvalue weighted by Crippen LogP contribution is 2.36. The van der Waals surface area contributed by atoms with Crippen LogP contribution in [0.2, 0.25) is 0 Å². The molecule has 0 aromatic heterocycles. The average Bonchev–Trinajstić information content (AvgIpc) is 2.28. The van der Waals surface area contributed by atoms with Crippen molar-refractivity contribution < 1.29 is 13.2 Å². The minimum Gasteiger partial charge on any atom is -0.388 e. The zero-order valence-electron chi connectivity index (χ0n) is 11.3. The summed E-state index contributed by atoms with van der Waals surface area (Å²) in [7, 11) is 1.54. The number of hydrogen-bond acceptors (Lipinski definition) is 2. The maximum absolute atomic E-state index is 12.8. The van der Waals surface area contributed by atoms with Crippen LogP contribution in [0.3, 0.4) is 0 Å². The second kappa shape index (κ2) is 6.42. The predicted octanol–water partition coefficient (Wildman–Crippen LogP) is 4.47. The molecule has 1 aromatic carbocycles. The first kappa shape index (κ1) is 16.5. The molecular formula is C13H19F3N2. The van der Waals surface area contributed by atoms with Crippen LogP contribution < -0.4 is 5.32 Å². The second-order valence-corrected chi connectivity index (χ2v) is 3.61. The van der Waals surface area contributed by atoms with Gasteiger partial charge in [0.05, 0.1) is 5.56 Å². The Labute approximate surface area is 106 Å². The van der Waals surface area contributed by atoms with Crippen LogP contribution in [0.5, 0.6) is 0 Å². The van der Waals surface area contributed by atoms with Gasteiger partial charge >= 0.3 is 6.18 Å². The first-order chi connectivity index (χ1) is 8.27. The molecule has 1 rings (SSSR count). The molecule has 1 aromatic rings. The molecule has 2 N–H and O–H groups in total. The maximum atomic E-state index is 12.8. The Kier molecular flexibility index (Phi) is 5.88. The van der Waals surface area contributed by atoms with Crippen LogP contribution in [-0.4, -0.2) is 12.8 Å². The van der Waals surface area contributed by atoms with Gasteiger partial charge in [0.15, 0.2) is 0 Å². The third-order valence-corrected chi connectivity index (χ3v) is 2.23. The van der Waals surface area contributed by atoms with Crippen LogP contribution in [-0.2, 0) is 6.18 Å². The number of rotatable bonds is 2. The van der Waals surface area contributed by atoms with Crippen LogP contribution >= 0.6 is 0 Å². The number of hydrogen-bond donors (Lipinski definition) is 2. The van der Waals surface area contributed by atoms with E-state index in [4.69, 9.17) is 5.41 Å². The van der Waals surface area contributed by atoms with E-state index in [0.29, 0.717) is 11.3 Å². The largest absolute Gasteiger partial charge is 0.417 e. The van der Waals surface area contributed by atoms with E-state index in [-0.39, 0.29) is 11.3 Å². The Bertz CT molecular complexity index is 423. The normalized spacial score (nSPS) is 10.4. The molecule has 0 saturated heterocycles. The molecule has 0 amide bonds. The predicted molar refractivity (Wildman–Crippen MR) is 69.6 cm³/mol. The van der Waals surface area contributed by atoms with Crippen molar-refractivity contribution >= 4 is 11.4 Å². The lowest BCUT2D eigenvalue weighted by Crippen LogP contribution is -2.14. The fraction of sp³-hybridized carbons (Fsp3) is 0.462. The summed E-state index contributed by atoms with van der Waals surface area (Å²) in [6.07, 6.45) is -4.44. The Morgan fingerprint density at radius 1 is 1.22 bits per heavy atom. The lowest BCUT2D eigenvalue weighted by molar-refractivity contribution is -0.137. The summed E-state index contributed by atoms with van der Waals surface area (Å²) in [6, 6.07) is 2.66. The fourth-order valence-corrected chi connectivity index (χ4v) is 1.61. The molecule has 0 fully saturated rings. The lowest BCUT2D eigenvalue weighted by Gasteiger charge is -2.17. The number of alkyl halides is 3. The first-order valence-corrected chi connectivity index (χ1v) is 5.72. The SMILES string of the molecule is CC.CNc1cc(C)cc(C(F)(F)F)c1C(C)=N. The summed E-state index contributed by atoms with van der Waals surface area (Å²) in [5.74, 6) is 0. The van der Waals surface area contributed by atoms with E-state index < -0.39 is 11.7 Å². The fourth-order valence-electron chi connectivity index (χ4n) is 1.61. The summed E-state index contributed by atoms with van der Waals surface area (Å²) < 4.78 is 38.3. The molecule has 0 aliphatic heterocycles. The zero-order valence-corrected chi connectivity index (χ0v) is 11.3. The molecule has 0 radical (unpaired) electrons. The number of anilines is 1. The first-order valence-electron chi connectivity index (χ1n) is 5.72. The standard InChI is InChI=1S/C11H13F3N2.C2H6/c1-6-4-8(11(12,13)14)10(7(2)15)9(5-6)16-3;1-2/h4-5,15-16H,1-3H3;1-2H3. The zero-order chi connectivity index (χ0) is 14.5. The molecule has 0 atom stereocenters. The van der Waals surface area contributed by atoms with E-state index in [1.165, 1.54) is 6.92 Å². The van der Waals surface area contributed by atoms with Gasteiger partial charge in [-0.3, -0.25) is 0 Å². The Morgan fingerprint density at radius 2 is 1.72 bits per heavy atom. The lowest BCUT2D eigenvalue weighted by atomic mass is 9.98. The molecule has 0 aliphatic rings. The summed E-state index contributed by atoms with van der Waals surface area (Å²) in [5, 5.41) is 10.1. The van der Waals surface area contributed by atoms with Gasteiger partial charge in [-0.25, -0.2) is 0 Å². The summed E-state index contributed by atoms with van der Waals surface area (Å²) in [5.41, 5.74) is -0.0943. The van der Waals surface area contributed by atoms with Crippen molar-refractivity contribution in [3.63, 3.8) is 0 Å². The summed E-state index contributed by atoms with van der Waals surface area (Å²) in [4.78, 5) is 0. The van der Waals surface area contributed by atoms with E-state index in [0.717, 1.165) is 6.07 Å². The number of benzene rings is 1.